The number of hydrogen-bond acceptors (Lipinski definition) is 7. The molecule has 1 amide bonds. The van der Waals surface area contributed by atoms with Gasteiger partial charge in [0.15, 0.2) is 5.72 Å². The van der Waals surface area contributed by atoms with Gasteiger partial charge < -0.3 is 5.11 Å². The van der Waals surface area contributed by atoms with Gasteiger partial charge in [-0.1, -0.05) is 6.07 Å². The fourth-order valence-electron chi connectivity index (χ4n) is 2.87. The van der Waals surface area contributed by atoms with Gasteiger partial charge in [0, 0.05) is 35.4 Å². The Morgan fingerprint density at radius 3 is 2.20 bits per heavy atom. The SMILES string of the molecule is O=C(c1cccc([N+](=O)[O-])c1)N1N=C(C(F)(F)F)C[C@@]1(O)c1ccc([N+](=O)[O-])cc1. The molecule has 0 saturated heterocycles. The van der Waals surface area contributed by atoms with Crippen LogP contribution in [0.1, 0.15) is 22.3 Å². The van der Waals surface area contributed by atoms with E-state index < -0.39 is 45.5 Å². The first-order chi connectivity index (χ1) is 13.9. The van der Waals surface area contributed by atoms with Gasteiger partial charge in [-0.15, -0.1) is 0 Å². The van der Waals surface area contributed by atoms with Crippen LogP contribution in [-0.4, -0.2) is 37.8 Å². The molecule has 1 aliphatic rings. The largest absolute Gasteiger partial charge is 0.431 e. The number of nitro groups is 2. The van der Waals surface area contributed by atoms with Crippen LogP contribution in [0.4, 0.5) is 24.5 Å². The Morgan fingerprint density at radius 2 is 1.67 bits per heavy atom. The van der Waals surface area contributed by atoms with Gasteiger partial charge in [-0.2, -0.15) is 23.3 Å². The summed E-state index contributed by atoms with van der Waals surface area (Å²) >= 11 is 0. The van der Waals surface area contributed by atoms with Gasteiger partial charge in [-0.3, -0.25) is 25.0 Å². The van der Waals surface area contributed by atoms with E-state index in [1.54, 1.807) is 0 Å². The van der Waals surface area contributed by atoms with Crippen molar-refractivity contribution in [3.8, 4) is 0 Å². The minimum absolute atomic E-state index is 0.177. The van der Waals surface area contributed by atoms with Gasteiger partial charge >= 0.3 is 6.18 Å². The second kappa shape index (κ2) is 7.18. The number of alkyl halides is 3. The first-order valence-corrected chi connectivity index (χ1v) is 8.14. The molecule has 13 heteroatoms. The molecule has 1 aliphatic heterocycles. The summed E-state index contributed by atoms with van der Waals surface area (Å²) < 4.78 is 39.7. The Bertz CT molecular complexity index is 1070. The molecule has 0 aromatic heterocycles. The van der Waals surface area contributed by atoms with Crippen LogP contribution >= 0.6 is 0 Å². The van der Waals surface area contributed by atoms with Gasteiger partial charge in [-0.25, -0.2) is 0 Å². The van der Waals surface area contributed by atoms with E-state index in [-0.39, 0.29) is 21.8 Å². The molecule has 1 atom stereocenters. The lowest BCUT2D eigenvalue weighted by molar-refractivity contribution is -0.385. The second-order valence-corrected chi connectivity index (χ2v) is 6.27. The second-order valence-electron chi connectivity index (χ2n) is 6.27. The highest BCUT2D eigenvalue weighted by atomic mass is 19.4. The standard InChI is InChI=1S/C17H11F3N4O6/c18-17(19,20)14-9-16(26,11-4-6-12(7-5-11)23(27)28)22(21-14)15(25)10-2-1-3-13(8-10)24(29)30/h1-8,26H,9H2/t16-/m1/s1. The van der Waals surface area contributed by atoms with Crippen molar-refractivity contribution in [1.29, 1.82) is 0 Å². The number of benzene rings is 2. The van der Waals surface area contributed by atoms with E-state index in [4.69, 9.17) is 0 Å². The highest BCUT2D eigenvalue weighted by molar-refractivity contribution is 6.00. The summed E-state index contributed by atoms with van der Waals surface area (Å²) in [5.74, 6) is -1.22. The number of carbonyl (C=O) groups excluding carboxylic acids is 1. The van der Waals surface area contributed by atoms with Crippen molar-refractivity contribution in [3.63, 3.8) is 0 Å². The van der Waals surface area contributed by atoms with Crippen LogP contribution in [0.25, 0.3) is 0 Å². The molecule has 30 heavy (non-hydrogen) atoms. The van der Waals surface area contributed by atoms with E-state index in [0.717, 1.165) is 48.5 Å². The summed E-state index contributed by atoms with van der Waals surface area (Å²) in [4.78, 5) is 33.0. The normalized spacial score (nSPS) is 18.8. The number of non-ortho nitro benzene ring substituents is 2. The topological polar surface area (TPSA) is 139 Å². The number of amides is 1. The summed E-state index contributed by atoms with van der Waals surface area (Å²) in [6.45, 7) is 0. The third-order valence-corrected chi connectivity index (χ3v) is 4.35. The van der Waals surface area contributed by atoms with Crippen LogP contribution in [0.2, 0.25) is 0 Å². The number of aliphatic hydroxyl groups is 1. The smallest absolute Gasteiger partial charge is 0.365 e. The zero-order chi connectivity index (χ0) is 22.3. The Balaban J connectivity index is 2.08. The molecule has 1 N–H and O–H groups in total. The Morgan fingerprint density at radius 1 is 1.07 bits per heavy atom. The maximum atomic E-state index is 13.2. The number of rotatable bonds is 4. The van der Waals surface area contributed by atoms with Crippen molar-refractivity contribution in [3.05, 3.63) is 79.9 Å². The predicted octanol–water partition coefficient (Wildman–Crippen LogP) is 3.11. The average Bonchev–Trinajstić information content (AvgIpc) is 3.06. The van der Waals surface area contributed by atoms with Crippen molar-refractivity contribution in [2.75, 3.05) is 0 Å². The van der Waals surface area contributed by atoms with Crippen molar-refractivity contribution in [1.82, 2.24) is 5.01 Å². The first kappa shape index (κ1) is 20.9. The highest BCUT2D eigenvalue weighted by Crippen LogP contribution is 2.41. The molecule has 0 bridgehead atoms. The molecule has 156 valence electrons. The zero-order valence-electron chi connectivity index (χ0n) is 14.7. The van der Waals surface area contributed by atoms with E-state index in [2.05, 4.69) is 5.10 Å². The quantitative estimate of drug-likeness (QED) is 0.591. The van der Waals surface area contributed by atoms with E-state index in [0.29, 0.717) is 0 Å². The fraction of sp³-hybridized carbons (Fsp3) is 0.176. The molecular weight excluding hydrogens is 413 g/mol. The van der Waals surface area contributed by atoms with Crippen molar-refractivity contribution in [2.24, 2.45) is 5.10 Å². The van der Waals surface area contributed by atoms with Crippen LogP contribution < -0.4 is 0 Å². The van der Waals surface area contributed by atoms with Crippen LogP contribution in [0.5, 0.6) is 0 Å². The third-order valence-electron chi connectivity index (χ3n) is 4.35. The highest BCUT2D eigenvalue weighted by Gasteiger charge is 2.53. The fourth-order valence-corrected chi connectivity index (χ4v) is 2.87. The van der Waals surface area contributed by atoms with Gasteiger partial charge in [-0.05, 0) is 18.2 Å². The molecular formula is C17H11F3N4O6. The molecule has 0 aliphatic carbocycles. The summed E-state index contributed by atoms with van der Waals surface area (Å²) in [6.07, 6.45) is -6.10. The molecule has 0 radical (unpaired) electrons. The molecule has 3 rings (SSSR count). The average molecular weight is 424 g/mol. The lowest BCUT2D eigenvalue weighted by Crippen LogP contribution is -2.43. The minimum atomic E-state index is -4.97. The van der Waals surface area contributed by atoms with Crippen molar-refractivity contribution in [2.45, 2.75) is 18.3 Å². The molecule has 0 spiro atoms. The van der Waals surface area contributed by atoms with Crippen LogP contribution in [-0.2, 0) is 5.72 Å². The predicted molar refractivity (Wildman–Crippen MR) is 94.4 cm³/mol. The van der Waals surface area contributed by atoms with Gasteiger partial charge in [0.1, 0.15) is 5.71 Å². The van der Waals surface area contributed by atoms with Gasteiger partial charge in [0.2, 0.25) is 0 Å². The summed E-state index contributed by atoms with van der Waals surface area (Å²) in [5, 5.41) is 36.1. The minimum Gasteiger partial charge on any atom is -0.365 e. The molecule has 0 fully saturated rings. The Kier molecular flexibility index (Phi) is 4.99. The van der Waals surface area contributed by atoms with Crippen LogP contribution in [0.15, 0.2) is 53.6 Å². The monoisotopic (exact) mass is 424 g/mol. The van der Waals surface area contributed by atoms with E-state index in [1.165, 1.54) is 0 Å². The lowest BCUT2D eigenvalue weighted by atomic mass is 9.96. The summed E-state index contributed by atoms with van der Waals surface area (Å²) in [6, 6.07) is 8.09. The lowest BCUT2D eigenvalue weighted by Gasteiger charge is -2.31. The van der Waals surface area contributed by atoms with Crippen LogP contribution in [0.3, 0.4) is 0 Å². The molecule has 0 saturated carbocycles. The Hall–Kier alpha value is -3.87. The van der Waals surface area contributed by atoms with E-state index >= 15 is 0 Å². The number of nitro benzene ring substituents is 2. The molecule has 10 nitrogen and oxygen atoms in total. The molecule has 2 aromatic rings. The van der Waals surface area contributed by atoms with E-state index in [9.17, 15) is 43.3 Å². The summed E-state index contributed by atoms with van der Waals surface area (Å²) in [7, 11) is 0. The number of hydrogen-bond donors (Lipinski definition) is 1. The maximum Gasteiger partial charge on any atom is 0.431 e. The van der Waals surface area contributed by atoms with Crippen molar-refractivity contribution >= 4 is 23.0 Å². The number of carbonyl (C=O) groups is 1. The summed E-state index contributed by atoms with van der Waals surface area (Å²) in [5.41, 5.74) is -5.57. The Labute approximate surface area is 165 Å². The number of halogens is 3. The van der Waals surface area contributed by atoms with Gasteiger partial charge in [0.05, 0.1) is 16.3 Å². The third kappa shape index (κ3) is 3.69. The maximum absolute atomic E-state index is 13.2. The molecule has 1 heterocycles. The first-order valence-electron chi connectivity index (χ1n) is 8.14. The number of nitrogens with zero attached hydrogens (tertiary/aromatic N) is 4. The molecule has 2 aromatic carbocycles. The zero-order valence-corrected chi connectivity index (χ0v) is 14.7. The van der Waals surface area contributed by atoms with Crippen molar-refractivity contribution < 1.29 is 32.9 Å². The van der Waals surface area contributed by atoms with E-state index in [1.807, 2.05) is 0 Å². The number of hydrazone groups is 1. The van der Waals surface area contributed by atoms with Crippen LogP contribution in [0, 0.1) is 20.2 Å². The molecule has 0 unspecified atom stereocenters. The van der Waals surface area contributed by atoms with Gasteiger partial charge in [0.25, 0.3) is 17.3 Å².